The second-order valence-electron chi connectivity index (χ2n) is 3.89. The van der Waals surface area contributed by atoms with E-state index in [2.05, 4.69) is 15.1 Å². The van der Waals surface area contributed by atoms with Crippen molar-refractivity contribution in [3.05, 3.63) is 5.01 Å². The molecule has 0 bridgehead atoms. The topological polar surface area (TPSA) is 55.3 Å². The Morgan fingerprint density at radius 3 is 2.62 bits per heavy atom. The van der Waals surface area contributed by atoms with Gasteiger partial charge >= 0.3 is 5.97 Å². The number of ether oxygens (including phenoxy) is 1. The summed E-state index contributed by atoms with van der Waals surface area (Å²) in [7, 11) is 1.45. The van der Waals surface area contributed by atoms with Gasteiger partial charge in [-0.1, -0.05) is 11.3 Å². The fourth-order valence-electron chi connectivity index (χ4n) is 1.89. The lowest BCUT2D eigenvalue weighted by Gasteiger charge is -2.29. The minimum absolute atomic E-state index is 0.0512. The van der Waals surface area contributed by atoms with E-state index >= 15 is 0 Å². The minimum atomic E-state index is -0.0897. The van der Waals surface area contributed by atoms with E-state index in [4.69, 9.17) is 4.74 Å². The molecule has 6 heteroatoms. The molecule has 88 valence electrons. The van der Waals surface area contributed by atoms with Gasteiger partial charge in [0.25, 0.3) is 0 Å². The second-order valence-corrected chi connectivity index (χ2v) is 5.05. The first-order valence-corrected chi connectivity index (χ1v) is 6.15. The predicted molar refractivity (Wildman–Crippen MR) is 61.6 cm³/mol. The summed E-state index contributed by atoms with van der Waals surface area (Å²) >= 11 is 1.60. The summed E-state index contributed by atoms with van der Waals surface area (Å²) < 4.78 is 4.75. The molecule has 1 aliphatic heterocycles. The average Bonchev–Trinajstić information content (AvgIpc) is 2.75. The molecule has 0 radical (unpaired) electrons. The zero-order valence-electron chi connectivity index (χ0n) is 9.47. The summed E-state index contributed by atoms with van der Waals surface area (Å²) in [5.41, 5.74) is 0. The summed E-state index contributed by atoms with van der Waals surface area (Å²) in [6.07, 6.45) is 1.68. The van der Waals surface area contributed by atoms with Gasteiger partial charge in [-0.2, -0.15) is 0 Å². The molecule has 0 aromatic carbocycles. The molecule has 16 heavy (non-hydrogen) atoms. The van der Waals surface area contributed by atoms with E-state index < -0.39 is 0 Å². The van der Waals surface area contributed by atoms with E-state index in [1.165, 1.54) is 7.11 Å². The lowest BCUT2D eigenvalue weighted by molar-refractivity contribution is -0.146. The van der Waals surface area contributed by atoms with E-state index in [0.29, 0.717) is 0 Å². The van der Waals surface area contributed by atoms with Crippen LogP contribution in [0.4, 0.5) is 5.13 Å². The molecule has 1 aliphatic rings. The van der Waals surface area contributed by atoms with Crippen molar-refractivity contribution in [2.24, 2.45) is 5.92 Å². The summed E-state index contributed by atoms with van der Waals surface area (Å²) in [6, 6.07) is 0. The Morgan fingerprint density at radius 2 is 2.12 bits per heavy atom. The van der Waals surface area contributed by atoms with Gasteiger partial charge in [-0.05, 0) is 19.8 Å². The van der Waals surface area contributed by atoms with Crippen LogP contribution in [0.5, 0.6) is 0 Å². The molecular weight excluding hydrogens is 226 g/mol. The molecule has 0 atom stereocenters. The first-order valence-electron chi connectivity index (χ1n) is 5.33. The Kier molecular flexibility index (Phi) is 3.38. The van der Waals surface area contributed by atoms with Gasteiger partial charge in [-0.25, -0.2) is 0 Å². The van der Waals surface area contributed by atoms with Gasteiger partial charge in [0.1, 0.15) is 5.01 Å². The summed E-state index contributed by atoms with van der Waals surface area (Å²) in [5, 5.41) is 10.0. The fraction of sp³-hybridized carbons (Fsp3) is 0.700. The second kappa shape index (κ2) is 4.78. The van der Waals surface area contributed by atoms with Crippen LogP contribution in [0.25, 0.3) is 0 Å². The highest BCUT2D eigenvalue weighted by Gasteiger charge is 2.26. The molecule has 5 nitrogen and oxygen atoms in total. The lowest BCUT2D eigenvalue weighted by Crippen LogP contribution is -2.36. The molecule has 1 fully saturated rings. The van der Waals surface area contributed by atoms with Gasteiger partial charge in [-0.3, -0.25) is 4.79 Å². The van der Waals surface area contributed by atoms with Gasteiger partial charge in [0.15, 0.2) is 0 Å². The van der Waals surface area contributed by atoms with Crippen molar-refractivity contribution < 1.29 is 9.53 Å². The first-order chi connectivity index (χ1) is 7.70. The van der Waals surface area contributed by atoms with Crippen LogP contribution < -0.4 is 4.90 Å². The van der Waals surface area contributed by atoms with Crippen molar-refractivity contribution in [2.75, 3.05) is 25.1 Å². The van der Waals surface area contributed by atoms with Crippen molar-refractivity contribution in [1.82, 2.24) is 10.2 Å². The van der Waals surface area contributed by atoms with Crippen LogP contribution in [0.3, 0.4) is 0 Å². The number of carbonyl (C=O) groups excluding carboxylic acids is 1. The Hall–Kier alpha value is -1.17. The number of esters is 1. The highest BCUT2D eigenvalue weighted by atomic mass is 32.1. The SMILES string of the molecule is COC(=O)C1CCN(c2nnc(C)s2)CC1. The molecule has 0 unspecified atom stereocenters. The molecule has 1 aromatic rings. The maximum absolute atomic E-state index is 11.3. The van der Waals surface area contributed by atoms with Gasteiger partial charge in [0.05, 0.1) is 13.0 Å². The third kappa shape index (κ3) is 2.32. The minimum Gasteiger partial charge on any atom is -0.469 e. The molecule has 0 saturated carbocycles. The Balaban J connectivity index is 1.92. The largest absolute Gasteiger partial charge is 0.469 e. The summed E-state index contributed by atoms with van der Waals surface area (Å²) in [5.74, 6) is -0.0386. The fourth-order valence-corrected chi connectivity index (χ4v) is 2.63. The first kappa shape index (κ1) is 11.3. The van der Waals surface area contributed by atoms with Crippen molar-refractivity contribution in [3.63, 3.8) is 0 Å². The molecule has 1 saturated heterocycles. The smallest absolute Gasteiger partial charge is 0.308 e. The van der Waals surface area contributed by atoms with Crippen LogP contribution in [0.2, 0.25) is 0 Å². The van der Waals surface area contributed by atoms with E-state index in [9.17, 15) is 4.79 Å². The van der Waals surface area contributed by atoms with Gasteiger partial charge < -0.3 is 9.64 Å². The number of rotatable bonds is 2. The van der Waals surface area contributed by atoms with Crippen LogP contribution in [-0.4, -0.2) is 36.4 Å². The Morgan fingerprint density at radius 1 is 1.44 bits per heavy atom. The lowest BCUT2D eigenvalue weighted by atomic mass is 9.97. The van der Waals surface area contributed by atoms with Gasteiger partial charge in [0.2, 0.25) is 5.13 Å². The molecule has 1 aromatic heterocycles. The number of anilines is 1. The molecule has 0 amide bonds. The number of carbonyl (C=O) groups is 1. The molecule has 2 rings (SSSR count). The van der Waals surface area contributed by atoms with E-state index in [1.54, 1.807) is 11.3 Å². The highest BCUT2D eigenvalue weighted by molar-refractivity contribution is 7.15. The molecular formula is C10H15N3O2S. The van der Waals surface area contributed by atoms with Gasteiger partial charge in [-0.15, -0.1) is 10.2 Å². The van der Waals surface area contributed by atoms with Crippen LogP contribution in [0.1, 0.15) is 17.8 Å². The van der Waals surface area contributed by atoms with Crippen molar-refractivity contribution in [2.45, 2.75) is 19.8 Å². The molecule has 2 heterocycles. The quantitative estimate of drug-likeness (QED) is 0.729. The number of methoxy groups -OCH3 is 1. The molecule has 0 N–H and O–H groups in total. The number of hydrogen-bond acceptors (Lipinski definition) is 6. The van der Waals surface area contributed by atoms with Gasteiger partial charge in [0, 0.05) is 13.1 Å². The van der Waals surface area contributed by atoms with Crippen LogP contribution >= 0.6 is 11.3 Å². The van der Waals surface area contributed by atoms with Crippen LogP contribution in [-0.2, 0) is 9.53 Å². The summed E-state index contributed by atoms with van der Waals surface area (Å²) in [6.45, 7) is 3.66. The Bertz CT molecular complexity index is 372. The monoisotopic (exact) mass is 241 g/mol. The molecule has 0 aliphatic carbocycles. The zero-order chi connectivity index (χ0) is 11.5. The number of aromatic nitrogens is 2. The predicted octanol–water partition coefficient (Wildman–Crippen LogP) is 1.24. The highest BCUT2D eigenvalue weighted by Crippen LogP contribution is 2.26. The third-order valence-electron chi connectivity index (χ3n) is 2.82. The number of piperidine rings is 1. The standard InChI is InChI=1S/C10H15N3O2S/c1-7-11-12-10(16-7)13-5-3-8(4-6-13)9(14)15-2/h8H,3-6H2,1-2H3. The van der Waals surface area contributed by atoms with Crippen molar-refractivity contribution >= 4 is 22.4 Å². The number of hydrogen-bond donors (Lipinski definition) is 0. The number of nitrogens with zero attached hydrogens (tertiary/aromatic N) is 3. The normalized spacial score (nSPS) is 17.5. The average molecular weight is 241 g/mol. The molecule has 0 spiro atoms. The number of aryl methyl sites for hydroxylation is 1. The van der Waals surface area contributed by atoms with E-state index in [1.807, 2.05) is 6.92 Å². The van der Waals surface area contributed by atoms with Crippen LogP contribution in [0.15, 0.2) is 0 Å². The third-order valence-corrected chi connectivity index (χ3v) is 3.71. The maximum atomic E-state index is 11.3. The van der Waals surface area contributed by atoms with Crippen molar-refractivity contribution in [3.8, 4) is 0 Å². The van der Waals surface area contributed by atoms with Crippen LogP contribution in [0, 0.1) is 12.8 Å². The van der Waals surface area contributed by atoms with E-state index in [-0.39, 0.29) is 11.9 Å². The van der Waals surface area contributed by atoms with E-state index in [0.717, 1.165) is 36.1 Å². The summed E-state index contributed by atoms with van der Waals surface area (Å²) in [4.78, 5) is 13.5. The Labute approximate surface area is 98.4 Å². The van der Waals surface area contributed by atoms with Crippen molar-refractivity contribution in [1.29, 1.82) is 0 Å². The zero-order valence-corrected chi connectivity index (χ0v) is 10.3. The maximum Gasteiger partial charge on any atom is 0.308 e.